The molecule has 0 aliphatic carbocycles. The molecule has 3 N–H and O–H groups in total. The van der Waals surface area contributed by atoms with Crippen molar-refractivity contribution in [3.63, 3.8) is 0 Å². The highest BCUT2D eigenvalue weighted by Crippen LogP contribution is 2.36. The van der Waals surface area contributed by atoms with Crippen LogP contribution in [0.3, 0.4) is 0 Å². The maximum absolute atomic E-state index is 12.5. The minimum absolute atomic E-state index is 0.103. The molecule has 0 bridgehead atoms. The van der Waals surface area contributed by atoms with Crippen LogP contribution in [0.15, 0.2) is 54.7 Å². The summed E-state index contributed by atoms with van der Waals surface area (Å²) in [7, 11) is 0. The average Bonchev–Trinajstić information content (AvgIpc) is 3.12. The van der Waals surface area contributed by atoms with Gasteiger partial charge in [0.2, 0.25) is 17.7 Å². The van der Waals surface area contributed by atoms with Gasteiger partial charge in [-0.25, -0.2) is 0 Å². The van der Waals surface area contributed by atoms with Gasteiger partial charge in [-0.15, -0.1) is 0 Å². The van der Waals surface area contributed by atoms with Gasteiger partial charge in [-0.2, -0.15) is 0 Å². The van der Waals surface area contributed by atoms with E-state index in [-0.39, 0.29) is 24.1 Å². The molecule has 2 heterocycles. The molecule has 0 saturated carbocycles. The number of benzene rings is 2. The first-order valence-corrected chi connectivity index (χ1v) is 9.81. The fourth-order valence-corrected chi connectivity index (χ4v) is 4.09. The normalized spacial score (nSPS) is 19.2. The van der Waals surface area contributed by atoms with Crippen LogP contribution in [0.2, 0.25) is 0 Å². The van der Waals surface area contributed by atoms with Crippen molar-refractivity contribution in [2.45, 2.75) is 38.0 Å². The summed E-state index contributed by atoms with van der Waals surface area (Å²) in [6.45, 7) is 1.95. The van der Waals surface area contributed by atoms with Crippen LogP contribution in [0.4, 0.5) is 5.69 Å². The molecule has 1 atom stereocenters. The number of hydrogen-bond donors (Lipinski definition) is 3. The van der Waals surface area contributed by atoms with Gasteiger partial charge in [-0.3, -0.25) is 19.7 Å². The SMILES string of the molecule is CC[C@@]1(c2ccc(NC(=O)Cc3c[nH]c4ccccc34)cc2)CCC(=O)NC1=O. The minimum atomic E-state index is -0.694. The highest BCUT2D eigenvalue weighted by molar-refractivity contribution is 6.03. The Kier molecular flexibility index (Phi) is 4.92. The Balaban J connectivity index is 1.47. The minimum Gasteiger partial charge on any atom is -0.361 e. The molecule has 0 radical (unpaired) electrons. The number of H-pyrrole nitrogens is 1. The molecule has 1 fully saturated rings. The summed E-state index contributed by atoms with van der Waals surface area (Å²) >= 11 is 0. The van der Waals surface area contributed by atoms with Crippen molar-refractivity contribution in [3.8, 4) is 0 Å². The number of fused-ring (bicyclic) bond motifs is 1. The van der Waals surface area contributed by atoms with Crippen molar-refractivity contribution in [1.29, 1.82) is 0 Å². The number of aromatic amines is 1. The molecule has 148 valence electrons. The third-order valence-corrected chi connectivity index (χ3v) is 5.82. The summed E-state index contributed by atoms with van der Waals surface area (Å²) < 4.78 is 0. The Morgan fingerprint density at radius 3 is 2.59 bits per heavy atom. The van der Waals surface area contributed by atoms with Gasteiger partial charge in [0.05, 0.1) is 11.8 Å². The summed E-state index contributed by atoms with van der Waals surface area (Å²) in [5, 5.41) is 6.41. The predicted octanol–water partition coefficient (Wildman–Crippen LogP) is 3.43. The molecule has 6 nitrogen and oxygen atoms in total. The second-order valence-electron chi connectivity index (χ2n) is 7.47. The smallest absolute Gasteiger partial charge is 0.237 e. The Labute approximate surface area is 168 Å². The monoisotopic (exact) mass is 389 g/mol. The molecule has 1 aliphatic rings. The molecule has 3 aromatic rings. The standard InChI is InChI=1S/C23H23N3O3/c1-2-23(12-11-20(27)26-22(23)29)16-7-9-17(10-8-16)25-21(28)13-15-14-24-19-6-4-3-5-18(15)19/h3-10,14,24H,2,11-13H2,1H3,(H,25,28)(H,26,27,29)/t23-/m0/s1. The Bertz CT molecular complexity index is 1080. The second-order valence-corrected chi connectivity index (χ2v) is 7.47. The van der Waals surface area contributed by atoms with E-state index in [1.54, 1.807) is 0 Å². The van der Waals surface area contributed by atoms with Crippen LogP contribution in [0, 0.1) is 0 Å². The van der Waals surface area contributed by atoms with Crippen molar-refractivity contribution in [3.05, 3.63) is 65.9 Å². The molecule has 6 heteroatoms. The number of piperidine rings is 1. The predicted molar refractivity (Wildman–Crippen MR) is 111 cm³/mol. The largest absolute Gasteiger partial charge is 0.361 e. The van der Waals surface area contributed by atoms with Crippen LogP contribution < -0.4 is 10.6 Å². The lowest BCUT2D eigenvalue weighted by Gasteiger charge is -2.35. The molecule has 3 amide bonds. The molecule has 0 spiro atoms. The summed E-state index contributed by atoms with van der Waals surface area (Å²) in [5.74, 6) is -0.568. The number of amides is 3. The lowest BCUT2D eigenvalue weighted by molar-refractivity contribution is -0.138. The molecule has 2 aromatic carbocycles. The van der Waals surface area contributed by atoms with Crippen LogP contribution >= 0.6 is 0 Å². The first-order valence-electron chi connectivity index (χ1n) is 9.81. The zero-order valence-corrected chi connectivity index (χ0v) is 16.2. The van der Waals surface area contributed by atoms with Gasteiger partial charge < -0.3 is 10.3 Å². The number of nitrogens with one attached hydrogen (secondary N) is 3. The van der Waals surface area contributed by atoms with Gasteiger partial charge in [0, 0.05) is 29.2 Å². The van der Waals surface area contributed by atoms with E-state index in [4.69, 9.17) is 0 Å². The Morgan fingerprint density at radius 2 is 1.86 bits per heavy atom. The Hall–Kier alpha value is -3.41. The van der Waals surface area contributed by atoms with Crippen molar-refractivity contribution in [2.75, 3.05) is 5.32 Å². The summed E-state index contributed by atoms with van der Waals surface area (Å²) in [4.78, 5) is 39.7. The van der Waals surface area contributed by atoms with E-state index in [1.165, 1.54) is 0 Å². The molecule has 4 rings (SSSR count). The van der Waals surface area contributed by atoms with Crippen LogP contribution in [0.25, 0.3) is 10.9 Å². The van der Waals surface area contributed by atoms with Gasteiger partial charge in [0.15, 0.2) is 0 Å². The molecule has 1 saturated heterocycles. The zero-order valence-electron chi connectivity index (χ0n) is 16.2. The van der Waals surface area contributed by atoms with Crippen molar-refractivity contribution >= 4 is 34.3 Å². The van der Waals surface area contributed by atoms with E-state index in [0.29, 0.717) is 24.9 Å². The van der Waals surface area contributed by atoms with E-state index >= 15 is 0 Å². The van der Waals surface area contributed by atoms with Crippen LogP contribution in [0.1, 0.15) is 37.3 Å². The third kappa shape index (κ3) is 3.53. The molecule has 0 unspecified atom stereocenters. The number of carbonyl (C=O) groups excluding carboxylic acids is 3. The van der Waals surface area contributed by atoms with E-state index in [2.05, 4.69) is 15.6 Å². The Morgan fingerprint density at radius 1 is 1.10 bits per heavy atom. The van der Waals surface area contributed by atoms with Crippen LogP contribution in [-0.2, 0) is 26.2 Å². The van der Waals surface area contributed by atoms with Gasteiger partial charge in [0.25, 0.3) is 0 Å². The van der Waals surface area contributed by atoms with Crippen molar-refractivity contribution < 1.29 is 14.4 Å². The maximum atomic E-state index is 12.5. The number of imide groups is 1. The number of para-hydroxylation sites is 1. The fraction of sp³-hybridized carbons (Fsp3) is 0.261. The van der Waals surface area contributed by atoms with E-state index in [1.807, 2.05) is 61.7 Å². The van der Waals surface area contributed by atoms with Gasteiger partial charge in [-0.1, -0.05) is 37.3 Å². The summed E-state index contributed by atoms with van der Waals surface area (Å²) in [5.41, 5.74) is 2.80. The number of hydrogen-bond acceptors (Lipinski definition) is 3. The highest BCUT2D eigenvalue weighted by atomic mass is 16.2. The maximum Gasteiger partial charge on any atom is 0.237 e. The van der Waals surface area contributed by atoms with Gasteiger partial charge in [0.1, 0.15) is 0 Å². The van der Waals surface area contributed by atoms with Gasteiger partial charge in [-0.05, 0) is 42.2 Å². The quantitative estimate of drug-likeness (QED) is 0.584. The van der Waals surface area contributed by atoms with E-state index < -0.39 is 5.41 Å². The van der Waals surface area contributed by atoms with Gasteiger partial charge >= 0.3 is 0 Å². The summed E-state index contributed by atoms with van der Waals surface area (Å²) in [6.07, 6.45) is 3.58. The topological polar surface area (TPSA) is 91.1 Å². The second kappa shape index (κ2) is 7.54. The first kappa shape index (κ1) is 18.9. The molecule has 1 aromatic heterocycles. The average molecular weight is 389 g/mol. The summed E-state index contributed by atoms with van der Waals surface area (Å²) in [6, 6.07) is 15.2. The first-order chi connectivity index (χ1) is 14.0. The lowest BCUT2D eigenvalue weighted by Crippen LogP contribution is -2.51. The molecular formula is C23H23N3O3. The number of carbonyl (C=O) groups is 3. The van der Waals surface area contributed by atoms with Crippen LogP contribution in [-0.4, -0.2) is 22.7 Å². The molecule has 29 heavy (non-hydrogen) atoms. The highest BCUT2D eigenvalue weighted by Gasteiger charge is 2.42. The van der Waals surface area contributed by atoms with E-state index in [0.717, 1.165) is 22.0 Å². The number of rotatable bonds is 5. The lowest BCUT2D eigenvalue weighted by atomic mass is 9.72. The van der Waals surface area contributed by atoms with Crippen molar-refractivity contribution in [1.82, 2.24) is 10.3 Å². The van der Waals surface area contributed by atoms with Crippen molar-refractivity contribution in [2.24, 2.45) is 0 Å². The third-order valence-electron chi connectivity index (χ3n) is 5.82. The zero-order chi connectivity index (χ0) is 20.4. The molecular weight excluding hydrogens is 366 g/mol. The van der Waals surface area contributed by atoms with Crippen LogP contribution in [0.5, 0.6) is 0 Å². The number of aromatic nitrogens is 1. The fourth-order valence-electron chi connectivity index (χ4n) is 4.09. The molecule has 1 aliphatic heterocycles. The number of anilines is 1. The van der Waals surface area contributed by atoms with E-state index in [9.17, 15) is 14.4 Å².